The van der Waals surface area contributed by atoms with Crippen molar-refractivity contribution in [2.45, 2.75) is 31.5 Å². The number of morpholine rings is 1. The van der Waals surface area contributed by atoms with E-state index in [0.717, 1.165) is 43.3 Å². The smallest absolute Gasteiger partial charge is 0.0826 e. The van der Waals surface area contributed by atoms with Gasteiger partial charge in [-0.15, -0.1) is 0 Å². The molecule has 0 aromatic carbocycles. The molecule has 1 saturated heterocycles. The topological polar surface area (TPSA) is 37.4 Å². The zero-order valence-electron chi connectivity index (χ0n) is 11.0. The molecule has 0 spiro atoms. The monoisotopic (exact) mass is 325 g/mol. The molecule has 0 unspecified atom stereocenters. The second kappa shape index (κ2) is 6.31. The normalized spacial score (nSPS) is 24.6. The Hall–Kier alpha value is -0.490. The fourth-order valence-electron chi connectivity index (χ4n) is 2.57. The maximum atomic E-state index is 5.82. The average Bonchev–Trinajstić information content (AvgIpc) is 3.23. The first-order valence-corrected chi connectivity index (χ1v) is 7.76. The molecule has 1 saturated carbocycles. The van der Waals surface area contributed by atoms with Gasteiger partial charge in [-0.2, -0.15) is 0 Å². The number of rotatable bonds is 5. The molecular formula is C14H20BrN3O. The summed E-state index contributed by atoms with van der Waals surface area (Å²) < 4.78 is 6.85. The molecule has 104 valence electrons. The van der Waals surface area contributed by atoms with Crippen LogP contribution in [0.2, 0.25) is 0 Å². The van der Waals surface area contributed by atoms with Crippen molar-refractivity contribution in [2.75, 3.05) is 26.2 Å². The highest BCUT2D eigenvalue weighted by Crippen LogP contribution is 2.28. The summed E-state index contributed by atoms with van der Waals surface area (Å²) in [7, 11) is 0. The van der Waals surface area contributed by atoms with Crippen LogP contribution in [0, 0.1) is 0 Å². The van der Waals surface area contributed by atoms with E-state index >= 15 is 0 Å². The Kier molecular flexibility index (Phi) is 4.48. The Labute approximate surface area is 122 Å². The van der Waals surface area contributed by atoms with E-state index in [9.17, 15) is 0 Å². The number of nitrogens with zero attached hydrogens (tertiary/aromatic N) is 2. The molecule has 3 rings (SSSR count). The van der Waals surface area contributed by atoms with E-state index in [4.69, 9.17) is 4.74 Å². The predicted molar refractivity (Wildman–Crippen MR) is 78.0 cm³/mol. The van der Waals surface area contributed by atoms with E-state index in [-0.39, 0.29) is 0 Å². The van der Waals surface area contributed by atoms with E-state index in [1.54, 1.807) is 6.20 Å². The van der Waals surface area contributed by atoms with E-state index in [1.165, 1.54) is 18.4 Å². The van der Waals surface area contributed by atoms with Crippen molar-refractivity contribution in [3.05, 3.63) is 28.5 Å². The highest BCUT2D eigenvalue weighted by atomic mass is 79.9. The van der Waals surface area contributed by atoms with Crippen LogP contribution in [0.5, 0.6) is 0 Å². The van der Waals surface area contributed by atoms with Gasteiger partial charge in [0.25, 0.3) is 0 Å². The van der Waals surface area contributed by atoms with Gasteiger partial charge in [-0.25, -0.2) is 0 Å². The number of aromatic nitrogens is 1. The second-order valence-electron chi connectivity index (χ2n) is 5.36. The molecular weight excluding hydrogens is 306 g/mol. The molecule has 1 N–H and O–H groups in total. The molecule has 1 aliphatic heterocycles. The number of hydrogen-bond acceptors (Lipinski definition) is 4. The van der Waals surface area contributed by atoms with Gasteiger partial charge < -0.3 is 10.1 Å². The van der Waals surface area contributed by atoms with Crippen LogP contribution < -0.4 is 5.32 Å². The summed E-state index contributed by atoms with van der Waals surface area (Å²) in [5.74, 6) is 0. The minimum atomic E-state index is 0.328. The standard InChI is InChI=1S/C14H20BrN3O/c15-12-5-11(6-16-8-12)7-17-9-14-10-18(3-4-19-14)13-1-2-13/h5-6,8,13-14,17H,1-4,7,9-10H2/t14-/m0/s1. The summed E-state index contributed by atoms with van der Waals surface area (Å²) >= 11 is 3.44. The zero-order chi connectivity index (χ0) is 13.1. The lowest BCUT2D eigenvalue weighted by molar-refractivity contribution is -0.0301. The van der Waals surface area contributed by atoms with Crippen LogP contribution in [0.15, 0.2) is 22.9 Å². The minimum absolute atomic E-state index is 0.328. The predicted octanol–water partition coefficient (Wildman–Crippen LogP) is 1.80. The fourth-order valence-corrected chi connectivity index (χ4v) is 2.98. The number of halogens is 1. The Morgan fingerprint density at radius 1 is 1.42 bits per heavy atom. The fraction of sp³-hybridized carbons (Fsp3) is 0.643. The molecule has 1 aromatic heterocycles. The van der Waals surface area contributed by atoms with Crippen LogP contribution >= 0.6 is 15.9 Å². The first-order chi connectivity index (χ1) is 9.31. The number of pyridine rings is 1. The molecule has 1 aromatic rings. The van der Waals surface area contributed by atoms with Gasteiger partial charge in [0.05, 0.1) is 12.7 Å². The number of nitrogens with one attached hydrogen (secondary N) is 1. The van der Waals surface area contributed by atoms with Crippen molar-refractivity contribution in [1.29, 1.82) is 0 Å². The molecule has 2 fully saturated rings. The van der Waals surface area contributed by atoms with Crippen LogP contribution in [0.3, 0.4) is 0 Å². The first kappa shape index (κ1) is 13.5. The number of ether oxygens (including phenoxy) is 1. The number of hydrogen-bond donors (Lipinski definition) is 1. The van der Waals surface area contributed by atoms with E-state index in [2.05, 4.69) is 37.2 Å². The molecule has 2 aliphatic rings. The Morgan fingerprint density at radius 2 is 2.32 bits per heavy atom. The van der Waals surface area contributed by atoms with Crippen LogP contribution in [-0.4, -0.2) is 48.3 Å². The molecule has 0 amide bonds. The Balaban J connectivity index is 1.41. The molecule has 5 heteroatoms. The summed E-state index contributed by atoms with van der Waals surface area (Å²) in [5, 5.41) is 3.47. The molecule has 19 heavy (non-hydrogen) atoms. The van der Waals surface area contributed by atoms with Gasteiger partial charge in [0, 0.05) is 49.1 Å². The zero-order valence-corrected chi connectivity index (χ0v) is 12.6. The average molecular weight is 326 g/mol. The first-order valence-electron chi connectivity index (χ1n) is 6.97. The lowest BCUT2D eigenvalue weighted by Gasteiger charge is -2.33. The third-order valence-corrected chi connectivity index (χ3v) is 4.13. The van der Waals surface area contributed by atoms with E-state index in [0.29, 0.717) is 6.10 Å². The van der Waals surface area contributed by atoms with E-state index in [1.807, 2.05) is 6.20 Å². The quantitative estimate of drug-likeness (QED) is 0.895. The summed E-state index contributed by atoms with van der Waals surface area (Å²) in [4.78, 5) is 6.75. The van der Waals surface area contributed by atoms with Crippen molar-refractivity contribution < 1.29 is 4.74 Å². The molecule has 4 nitrogen and oxygen atoms in total. The lowest BCUT2D eigenvalue weighted by Crippen LogP contribution is -2.47. The third-order valence-electron chi connectivity index (χ3n) is 3.70. The van der Waals surface area contributed by atoms with Gasteiger partial charge >= 0.3 is 0 Å². The second-order valence-corrected chi connectivity index (χ2v) is 6.28. The van der Waals surface area contributed by atoms with Gasteiger partial charge in [0.15, 0.2) is 0 Å². The summed E-state index contributed by atoms with van der Waals surface area (Å²) in [6, 6.07) is 2.94. The summed E-state index contributed by atoms with van der Waals surface area (Å²) in [5.41, 5.74) is 1.20. The van der Waals surface area contributed by atoms with Gasteiger partial charge in [-0.05, 0) is 40.4 Å². The molecule has 1 aliphatic carbocycles. The highest BCUT2D eigenvalue weighted by molar-refractivity contribution is 9.10. The van der Waals surface area contributed by atoms with E-state index < -0.39 is 0 Å². The SMILES string of the molecule is Brc1cncc(CNC[C@H]2CN(C3CC3)CCO2)c1. The molecule has 2 heterocycles. The van der Waals surface area contributed by atoms with Gasteiger partial charge in [-0.3, -0.25) is 9.88 Å². The lowest BCUT2D eigenvalue weighted by atomic mass is 10.2. The molecule has 0 bridgehead atoms. The summed E-state index contributed by atoms with van der Waals surface area (Å²) in [6.07, 6.45) is 6.79. The molecule has 0 radical (unpaired) electrons. The largest absolute Gasteiger partial charge is 0.374 e. The van der Waals surface area contributed by atoms with Crippen LogP contribution in [-0.2, 0) is 11.3 Å². The van der Waals surface area contributed by atoms with Crippen LogP contribution in [0.1, 0.15) is 18.4 Å². The van der Waals surface area contributed by atoms with Crippen LogP contribution in [0.4, 0.5) is 0 Å². The highest BCUT2D eigenvalue weighted by Gasteiger charge is 2.32. The molecule has 1 atom stereocenters. The van der Waals surface area contributed by atoms with Crippen molar-refractivity contribution in [1.82, 2.24) is 15.2 Å². The van der Waals surface area contributed by atoms with Gasteiger partial charge in [0.1, 0.15) is 0 Å². The Bertz CT molecular complexity index is 425. The van der Waals surface area contributed by atoms with Crippen molar-refractivity contribution in [2.24, 2.45) is 0 Å². The van der Waals surface area contributed by atoms with Gasteiger partial charge in [-0.1, -0.05) is 0 Å². The minimum Gasteiger partial charge on any atom is -0.374 e. The van der Waals surface area contributed by atoms with Crippen molar-refractivity contribution in [3.63, 3.8) is 0 Å². The maximum Gasteiger partial charge on any atom is 0.0826 e. The summed E-state index contributed by atoms with van der Waals surface area (Å²) in [6.45, 7) is 4.82. The Morgan fingerprint density at radius 3 is 3.11 bits per heavy atom. The van der Waals surface area contributed by atoms with Gasteiger partial charge in [0.2, 0.25) is 0 Å². The maximum absolute atomic E-state index is 5.82. The third kappa shape index (κ3) is 3.99. The van der Waals surface area contributed by atoms with Crippen molar-refractivity contribution in [3.8, 4) is 0 Å². The van der Waals surface area contributed by atoms with Crippen molar-refractivity contribution >= 4 is 15.9 Å². The van der Waals surface area contributed by atoms with Crippen LogP contribution in [0.25, 0.3) is 0 Å².